The van der Waals surface area contributed by atoms with E-state index in [4.69, 9.17) is 0 Å². The zero-order valence-corrected chi connectivity index (χ0v) is 16.1. The Bertz CT molecular complexity index is 882. The van der Waals surface area contributed by atoms with Gasteiger partial charge in [-0.25, -0.2) is 8.42 Å². The lowest BCUT2D eigenvalue weighted by Gasteiger charge is -2.23. The van der Waals surface area contributed by atoms with E-state index < -0.39 is 10.0 Å². The largest absolute Gasteiger partial charge is 0.324 e. The van der Waals surface area contributed by atoms with Crippen LogP contribution in [0.4, 0.5) is 11.4 Å². The fourth-order valence-corrected chi connectivity index (χ4v) is 3.72. The first kappa shape index (κ1) is 19.0. The molecule has 0 fully saturated rings. The molecule has 2 aromatic carbocycles. The lowest BCUT2D eigenvalue weighted by atomic mass is 10.1. The van der Waals surface area contributed by atoms with Crippen LogP contribution in [0, 0.1) is 27.7 Å². The van der Waals surface area contributed by atoms with Gasteiger partial charge in [0.2, 0.25) is 15.9 Å². The Morgan fingerprint density at radius 3 is 2.12 bits per heavy atom. The fraction of sp³-hybridized carbons (Fsp3) is 0.316. The molecular weight excluding hydrogens is 336 g/mol. The van der Waals surface area contributed by atoms with E-state index >= 15 is 0 Å². The molecular formula is C19H24N2O3S. The van der Waals surface area contributed by atoms with Crippen LogP contribution in [0.5, 0.6) is 0 Å². The minimum absolute atomic E-state index is 0.269. The highest BCUT2D eigenvalue weighted by Gasteiger charge is 2.21. The van der Waals surface area contributed by atoms with E-state index in [1.165, 1.54) is 0 Å². The molecule has 25 heavy (non-hydrogen) atoms. The van der Waals surface area contributed by atoms with Crippen molar-refractivity contribution in [3.63, 3.8) is 0 Å². The molecule has 0 radical (unpaired) electrons. The average Bonchev–Trinajstić information content (AvgIpc) is 2.47. The smallest absolute Gasteiger partial charge is 0.245 e. The molecule has 0 spiro atoms. The molecule has 5 nitrogen and oxygen atoms in total. The van der Waals surface area contributed by atoms with Crippen LogP contribution in [0.15, 0.2) is 36.4 Å². The van der Waals surface area contributed by atoms with Gasteiger partial charge in [0.25, 0.3) is 0 Å². The topological polar surface area (TPSA) is 66.5 Å². The molecule has 0 bridgehead atoms. The van der Waals surface area contributed by atoms with E-state index in [9.17, 15) is 13.2 Å². The number of amides is 1. The van der Waals surface area contributed by atoms with Gasteiger partial charge in [-0.1, -0.05) is 29.8 Å². The van der Waals surface area contributed by atoms with Gasteiger partial charge < -0.3 is 5.32 Å². The third kappa shape index (κ3) is 4.82. The normalized spacial score (nSPS) is 11.2. The maximum atomic E-state index is 12.5. The van der Waals surface area contributed by atoms with Crippen molar-refractivity contribution in [3.8, 4) is 0 Å². The summed E-state index contributed by atoms with van der Waals surface area (Å²) in [6, 6.07) is 11.0. The van der Waals surface area contributed by atoms with Crippen molar-refractivity contribution < 1.29 is 13.2 Å². The summed E-state index contributed by atoms with van der Waals surface area (Å²) in [5.41, 5.74) is 5.16. The Kier molecular flexibility index (Phi) is 5.52. The van der Waals surface area contributed by atoms with Crippen LogP contribution < -0.4 is 9.62 Å². The Hall–Kier alpha value is -2.34. The number of carbonyl (C=O) groups is 1. The van der Waals surface area contributed by atoms with E-state index in [0.29, 0.717) is 5.69 Å². The Morgan fingerprint density at radius 2 is 1.60 bits per heavy atom. The van der Waals surface area contributed by atoms with Gasteiger partial charge in [0, 0.05) is 5.69 Å². The molecule has 1 amide bonds. The molecule has 2 rings (SSSR count). The number of anilines is 2. The predicted octanol–water partition coefficient (Wildman–Crippen LogP) is 3.32. The lowest BCUT2D eigenvalue weighted by molar-refractivity contribution is -0.114. The summed E-state index contributed by atoms with van der Waals surface area (Å²) < 4.78 is 25.4. The van der Waals surface area contributed by atoms with Gasteiger partial charge in [-0.15, -0.1) is 0 Å². The number of carbonyl (C=O) groups excluding carboxylic acids is 1. The van der Waals surface area contributed by atoms with Gasteiger partial charge in [0.05, 0.1) is 11.9 Å². The number of aryl methyl sites for hydroxylation is 4. The number of nitrogens with one attached hydrogen (secondary N) is 1. The van der Waals surface area contributed by atoms with Gasteiger partial charge in [0.1, 0.15) is 6.54 Å². The van der Waals surface area contributed by atoms with Crippen LogP contribution in [-0.4, -0.2) is 27.1 Å². The van der Waals surface area contributed by atoms with E-state index in [-0.39, 0.29) is 12.5 Å². The van der Waals surface area contributed by atoms with Crippen molar-refractivity contribution >= 4 is 27.3 Å². The maximum absolute atomic E-state index is 12.5. The van der Waals surface area contributed by atoms with Crippen LogP contribution in [0.25, 0.3) is 0 Å². The minimum Gasteiger partial charge on any atom is -0.324 e. The minimum atomic E-state index is -3.58. The SMILES string of the molecule is Cc1cccc(N(CC(=O)Nc2c(C)cc(C)cc2C)S(C)(=O)=O)c1. The molecule has 0 aliphatic rings. The van der Waals surface area contributed by atoms with E-state index in [1.54, 1.807) is 18.2 Å². The molecule has 134 valence electrons. The summed E-state index contributed by atoms with van der Waals surface area (Å²) in [4.78, 5) is 12.5. The number of nitrogens with zero attached hydrogens (tertiary/aromatic N) is 1. The first-order valence-corrected chi connectivity index (χ1v) is 9.85. The first-order valence-electron chi connectivity index (χ1n) is 8.00. The summed E-state index contributed by atoms with van der Waals surface area (Å²) >= 11 is 0. The summed E-state index contributed by atoms with van der Waals surface area (Å²) in [7, 11) is -3.58. The van der Waals surface area contributed by atoms with Crippen molar-refractivity contribution in [1.29, 1.82) is 0 Å². The quantitative estimate of drug-likeness (QED) is 0.889. The van der Waals surface area contributed by atoms with Crippen LogP contribution in [0.1, 0.15) is 22.3 Å². The molecule has 0 saturated carbocycles. The van der Waals surface area contributed by atoms with Gasteiger partial charge in [-0.05, 0) is 56.5 Å². The Labute approximate surface area is 149 Å². The number of rotatable bonds is 5. The highest BCUT2D eigenvalue weighted by Crippen LogP contribution is 2.23. The fourth-order valence-electron chi connectivity index (χ4n) is 2.87. The van der Waals surface area contributed by atoms with E-state index in [2.05, 4.69) is 5.32 Å². The molecule has 1 N–H and O–H groups in total. The Morgan fingerprint density at radius 1 is 1.00 bits per heavy atom. The van der Waals surface area contributed by atoms with Crippen molar-refractivity contribution in [2.75, 3.05) is 22.4 Å². The van der Waals surface area contributed by atoms with Crippen molar-refractivity contribution in [3.05, 3.63) is 58.7 Å². The van der Waals surface area contributed by atoms with Crippen LogP contribution in [0.3, 0.4) is 0 Å². The molecule has 0 aromatic heterocycles. The predicted molar refractivity (Wildman–Crippen MR) is 103 cm³/mol. The summed E-state index contributed by atoms with van der Waals surface area (Å²) in [6.07, 6.45) is 1.10. The molecule has 0 heterocycles. The third-order valence-electron chi connectivity index (χ3n) is 3.92. The molecule has 0 atom stereocenters. The maximum Gasteiger partial charge on any atom is 0.245 e. The van der Waals surface area contributed by atoms with Crippen LogP contribution >= 0.6 is 0 Å². The van der Waals surface area contributed by atoms with E-state index in [1.807, 2.05) is 45.9 Å². The van der Waals surface area contributed by atoms with Gasteiger partial charge >= 0.3 is 0 Å². The summed E-state index contributed by atoms with van der Waals surface area (Å²) in [5.74, 6) is -0.373. The van der Waals surface area contributed by atoms with Gasteiger partial charge in [0.15, 0.2) is 0 Å². The molecule has 0 saturated heterocycles. The monoisotopic (exact) mass is 360 g/mol. The molecule has 2 aromatic rings. The molecule has 6 heteroatoms. The van der Waals surface area contributed by atoms with Gasteiger partial charge in [-0.3, -0.25) is 9.10 Å². The second kappa shape index (κ2) is 7.27. The lowest BCUT2D eigenvalue weighted by Crippen LogP contribution is -2.37. The first-order chi connectivity index (χ1) is 11.6. The van der Waals surface area contributed by atoms with Crippen molar-refractivity contribution in [2.45, 2.75) is 27.7 Å². The summed E-state index contributed by atoms with van der Waals surface area (Å²) in [6.45, 7) is 7.45. The number of benzene rings is 2. The molecule has 0 aliphatic carbocycles. The third-order valence-corrected chi connectivity index (χ3v) is 5.06. The van der Waals surface area contributed by atoms with E-state index in [0.717, 1.165) is 38.5 Å². The van der Waals surface area contributed by atoms with Gasteiger partial charge in [-0.2, -0.15) is 0 Å². The van der Waals surface area contributed by atoms with Crippen LogP contribution in [-0.2, 0) is 14.8 Å². The molecule has 0 unspecified atom stereocenters. The average molecular weight is 360 g/mol. The Balaban J connectivity index is 2.27. The number of hydrogen-bond acceptors (Lipinski definition) is 3. The van der Waals surface area contributed by atoms with Crippen LogP contribution in [0.2, 0.25) is 0 Å². The number of sulfonamides is 1. The second-order valence-electron chi connectivity index (χ2n) is 6.43. The number of hydrogen-bond donors (Lipinski definition) is 1. The van der Waals surface area contributed by atoms with Crippen molar-refractivity contribution in [2.24, 2.45) is 0 Å². The second-order valence-corrected chi connectivity index (χ2v) is 8.34. The zero-order valence-electron chi connectivity index (χ0n) is 15.3. The zero-order chi connectivity index (χ0) is 18.8. The highest BCUT2D eigenvalue weighted by molar-refractivity contribution is 7.92. The standard InChI is InChI=1S/C19H24N2O3S/c1-13-7-6-8-17(11-13)21(25(5,23)24)12-18(22)20-19-15(3)9-14(2)10-16(19)4/h6-11H,12H2,1-5H3,(H,20,22). The van der Waals surface area contributed by atoms with Crippen molar-refractivity contribution in [1.82, 2.24) is 0 Å². The summed E-state index contributed by atoms with van der Waals surface area (Å²) in [5, 5.41) is 2.85. The molecule has 0 aliphatic heterocycles. The highest BCUT2D eigenvalue weighted by atomic mass is 32.2.